The number of carbonyl (C=O) groups is 2. The molecule has 0 radical (unpaired) electrons. The predicted octanol–water partition coefficient (Wildman–Crippen LogP) is 4.03. The van der Waals surface area contributed by atoms with E-state index < -0.39 is 12.0 Å². The molecule has 0 unspecified atom stereocenters. The summed E-state index contributed by atoms with van der Waals surface area (Å²) in [6, 6.07) is 16.6. The highest BCUT2D eigenvalue weighted by atomic mass is 32.2. The van der Waals surface area contributed by atoms with Crippen LogP contribution in [0.5, 0.6) is 5.75 Å². The number of ether oxygens (including phenoxy) is 2. The summed E-state index contributed by atoms with van der Waals surface area (Å²) in [5.74, 6) is -0.0531. The Labute approximate surface area is 173 Å². The molecule has 1 saturated heterocycles. The number of carbonyl (C=O) groups excluding carboxylic acids is 2. The van der Waals surface area contributed by atoms with Gasteiger partial charge in [0.1, 0.15) is 22.7 Å². The normalized spacial score (nSPS) is 16.4. The van der Waals surface area contributed by atoms with E-state index in [1.54, 1.807) is 13.0 Å². The molecule has 1 aliphatic heterocycles. The summed E-state index contributed by atoms with van der Waals surface area (Å²) >= 11 is 6.43. The van der Waals surface area contributed by atoms with Gasteiger partial charge in [-0.25, -0.2) is 4.79 Å². The summed E-state index contributed by atoms with van der Waals surface area (Å²) in [5.41, 5.74) is 1.94. The van der Waals surface area contributed by atoms with E-state index in [9.17, 15) is 9.59 Å². The largest absolute Gasteiger partial charge is 0.489 e. The first-order valence-electron chi connectivity index (χ1n) is 8.61. The molecule has 0 bridgehead atoms. The fraction of sp³-hybridized carbons (Fsp3) is 0.190. The fourth-order valence-electron chi connectivity index (χ4n) is 2.64. The van der Waals surface area contributed by atoms with E-state index in [-0.39, 0.29) is 5.91 Å². The van der Waals surface area contributed by atoms with Crippen LogP contribution in [0.25, 0.3) is 6.08 Å². The maximum atomic E-state index is 12.6. The van der Waals surface area contributed by atoms with Gasteiger partial charge in [0, 0.05) is 0 Å². The third kappa shape index (κ3) is 4.61. The minimum absolute atomic E-state index is 0.294. The highest BCUT2D eigenvalue weighted by Crippen LogP contribution is 2.34. The Morgan fingerprint density at radius 2 is 1.86 bits per heavy atom. The number of methoxy groups -OCH3 is 1. The van der Waals surface area contributed by atoms with E-state index in [4.69, 9.17) is 21.7 Å². The van der Waals surface area contributed by atoms with Crippen LogP contribution in [-0.2, 0) is 20.9 Å². The lowest BCUT2D eigenvalue weighted by molar-refractivity contribution is -0.147. The average Bonchev–Trinajstić information content (AvgIpc) is 3.00. The Hall–Kier alpha value is -2.64. The molecule has 5 nitrogen and oxygen atoms in total. The van der Waals surface area contributed by atoms with Gasteiger partial charge in [-0.2, -0.15) is 0 Å². The number of nitrogens with zero attached hydrogens (tertiary/aromatic N) is 1. The lowest BCUT2D eigenvalue weighted by Gasteiger charge is -2.20. The smallest absolute Gasteiger partial charge is 0.328 e. The first-order chi connectivity index (χ1) is 13.5. The SMILES string of the molecule is COC(=O)[C@H](C)N1C(=O)/C(=C/c2ccc(OCc3ccccc3)cc2)SC1=S. The van der Waals surface area contributed by atoms with Crippen LogP contribution in [0.1, 0.15) is 18.1 Å². The highest BCUT2D eigenvalue weighted by Gasteiger charge is 2.38. The van der Waals surface area contributed by atoms with E-state index in [1.165, 1.54) is 23.8 Å². The molecule has 2 aromatic rings. The van der Waals surface area contributed by atoms with Crippen molar-refractivity contribution in [1.82, 2.24) is 4.90 Å². The predicted molar refractivity (Wildman–Crippen MR) is 114 cm³/mol. The number of esters is 1. The molecule has 1 aliphatic rings. The lowest BCUT2D eigenvalue weighted by Crippen LogP contribution is -2.42. The van der Waals surface area contributed by atoms with Crippen LogP contribution in [0.2, 0.25) is 0 Å². The molecule has 0 spiro atoms. The van der Waals surface area contributed by atoms with Gasteiger partial charge >= 0.3 is 5.97 Å². The van der Waals surface area contributed by atoms with Gasteiger partial charge in [-0.05, 0) is 36.3 Å². The third-order valence-corrected chi connectivity index (χ3v) is 5.51. The van der Waals surface area contributed by atoms with Crippen molar-refractivity contribution in [2.75, 3.05) is 7.11 Å². The van der Waals surface area contributed by atoms with Gasteiger partial charge in [-0.3, -0.25) is 9.69 Å². The molecule has 1 amide bonds. The number of hydrogen-bond acceptors (Lipinski definition) is 6. The molecule has 1 fully saturated rings. The fourth-order valence-corrected chi connectivity index (χ4v) is 4.06. The van der Waals surface area contributed by atoms with Crippen molar-refractivity contribution in [3.8, 4) is 5.75 Å². The first-order valence-corrected chi connectivity index (χ1v) is 9.83. The summed E-state index contributed by atoms with van der Waals surface area (Å²) in [6.07, 6.45) is 1.75. The Kier molecular flexibility index (Phi) is 6.49. The number of hydrogen-bond donors (Lipinski definition) is 0. The second-order valence-corrected chi connectivity index (χ2v) is 7.77. The van der Waals surface area contributed by atoms with Crippen LogP contribution in [0.3, 0.4) is 0 Å². The summed E-state index contributed by atoms with van der Waals surface area (Å²) in [7, 11) is 1.29. The molecule has 144 valence electrons. The van der Waals surface area contributed by atoms with Crippen molar-refractivity contribution in [3.63, 3.8) is 0 Å². The zero-order valence-corrected chi connectivity index (χ0v) is 17.1. The Balaban J connectivity index is 1.67. The summed E-state index contributed by atoms with van der Waals surface area (Å²) in [6.45, 7) is 2.09. The number of benzene rings is 2. The highest BCUT2D eigenvalue weighted by molar-refractivity contribution is 8.26. The molecule has 7 heteroatoms. The van der Waals surface area contributed by atoms with Crippen molar-refractivity contribution in [2.24, 2.45) is 0 Å². The summed E-state index contributed by atoms with van der Waals surface area (Å²) in [4.78, 5) is 26.1. The molecule has 1 heterocycles. The van der Waals surface area contributed by atoms with E-state index in [0.717, 1.165) is 16.9 Å². The minimum Gasteiger partial charge on any atom is -0.489 e. The molecule has 0 aromatic heterocycles. The van der Waals surface area contributed by atoms with Crippen LogP contribution in [0.4, 0.5) is 0 Å². The molecular weight excluding hydrogens is 394 g/mol. The Bertz CT molecular complexity index is 910. The molecule has 28 heavy (non-hydrogen) atoms. The van der Waals surface area contributed by atoms with Gasteiger partial charge in [-0.15, -0.1) is 0 Å². The van der Waals surface area contributed by atoms with Crippen LogP contribution >= 0.6 is 24.0 Å². The third-order valence-electron chi connectivity index (χ3n) is 4.18. The lowest BCUT2D eigenvalue weighted by atomic mass is 10.2. The molecule has 1 atom stereocenters. The number of rotatable bonds is 6. The average molecular weight is 414 g/mol. The van der Waals surface area contributed by atoms with Crippen molar-refractivity contribution < 1.29 is 19.1 Å². The molecular formula is C21H19NO4S2. The van der Waals surface area contributed by atoms with Crippen molar-refractivity contribution in [3.05, 3.63) is 70.6 Å². The second-order valence-electron chi connectivity index (χ2n) is 6.09. The molecule has 0 aliphatic carbocycles. The maximum absolute atomic E-state index is 12.6. The van der Waals surface area contributed by atoms with E-state index in [1.807, 2.05) is 54.6 Å². The summed E-state index contributed by atoms with van der Waals surface area (Å²) in [5, 5.41) is 0. The number of thioether (sulfide) groups is 1. The van der Waals surface area contributed by atoms with Gasteiger partial charge in [0.15, 0.2) is 0 Å². The first kappa shape index (κ1) is 20.1. The van der Waals surface area contributed by atoms with Gasteiger partial charge in [0.2, 0.25) is 0 Å². The quantitative estimate of drug-likeness (QED) is 0.405. The molecule has 0 saturated carbocycles. The van der Waals surface area contributed by atoms with Crippen LogP contribution < -0.4 is 4.74 Å². The molecule has 0 N–H and O–H groups in total. The van der Waals surface area contributed by atoms with Crippen molar-refractivity contribution in [2.45, 2.75) is 19.6 Å². The Morgan fingerprint density at radius 3 is 2.50 bits per heavy atom. The van der Waals surface area contributed by atoms with E-state index in [2.05, 4.69) is 0 Å². The zero-order valence-electron chi connectivity index (χ0n) is 15.5. The van der Waals surface area contributed by atoms with Gasteiger partial charge in [0.05, 0.1) is 12.0 Å². The van der Waals surface area contributed by atoms with E-state index >= 15 is 0 Å². The zero-order chi connectivity index (χ0) is 20.1. The van der Waals surface area contributed by atoms with Crippen LogP contribution in [-0.4, -0.2) is 34.2 Å². The molecule has 2 aromatic carbocycles. The minimum atomic E-state index is -0.753. The van der Waals surface area contributed by atoms with Gasteiger partial charge < -0.3 is 9.47 Å². The Morgan fingerprint density at radius 1 is 1.18 bits per heavy atom. The topological polar surface area (TPSA) is 55.8 Å². The van der Waals surface area contributed by atoms with Crippen LogP contribution in [0, 0.1) is 0 Å². The molecule has 3 rings (SSSR count). The maximum Gasteiger partial charge on any atom is 0.328 e. The van der Waals surface area contributed by atoms with E-state index in [0.29, 0.717) is 15.8 Å². The summed E-state index contributed by atoms with van der Waals surface area (Å²) < 4.78 is 10.8. The monoisotopic (exact) mass is 413 g/mol. The van der Waals surface area contributed by atoms with Crippen molar-refractivity contribution >= 4 is 46.3 Å². The van der Waals surface area contributed by atoms with Gasteiger partial charge in [0.25, 0.3) is 5.91 Å². The van der Waals surface area contributed by atoms with Crippen molar-refractivity contribution in [1.29, 1.82) is 0 Å². The van der Waals surface area contributed by atoms with Crippen LogP contribution in [0.15, 0.2) is 59.5 Å². The van der Waals surface area contributed by atoms with Gasteiger partial charge in [-0.1, -0.05) is 66.4 Å². The number of thiocarbonyl (C=S) groups is 1. The second kappa shape index (κ2) is 9.03. The number of amides is 1. The standard InChI is InChI=1S/C21H19NO4S2/c1-14(20(24)25-2)22-19(23)18(28-21(22)27)12-15-8-10-17(11-9-15)26-13-16-6-4-3-5-7-16/h3-12,14H,13H2,1-2H3/b18-12-/t14-/m0/s1.